The van der Waals surface area contributed by atoms with Gasteiger partial charge in [0.2, 0.25) is 0 Å². The lowest BCUT2D eigenvalue weighted by atomic mass is 10.1. The van der Waals surface area contributed by atoms with Crippen LogP contribution in [-0.4, -0.2) is 55.0 Å². The fourth-order valence-electron chi connectivity index (χ4n) is 3.51. The molecular formula is C23H23ClN2O2. The van der Waals surface area contributed by atoms with E-state index in [1.807, 2.05) is 41.3 Å². The molecule has 0 bridgehead atoms. The first-order valence-electron chi connectivity index (χ1n) is 9.55. The molecule has 2 heterocycles. The van der Waals surface area contributed by atoms with Gasteiger partial charge in [-0.05, 0) is 29.8 Å². The van der Waals surface area contributed by atoms with Crippen LogP contribution in [0.3, 0.4) is 0 Å². The summed E-state index contributed by atoms with van der Waals surface area (Å²) in [6.07, 6.45) is 6.23. The Labute approximate surface area is 170 Å². The van der Waals surface area contributed by atoms with Gasteiger partial charge in [0.1, 0.15) is 12.4 Å². The van der Waals surface area contributed by atoms with Crippen molar-refractivity contribution in [3.63, 3.8) is 0 Å². The number of fused-ring (bicyclic) bond motifs is 1. The molecule has 2 aromatic rings. The highest BCUT2D eigenvalue weighted by Crippen LogP contribution is 2.29. The van der Waals surface area contributed by atoms with Crippen molar-refractivity contribution in [3.8, 4) is 5.75 Å². The number of carbonyl (C=O) groups excluding carboxylic acids is 1. The Balaban J connectivity index is 1.31. The summed E-state index contributed by atoms with van der Waals surface area (Å²) in [6.45, 7) is 4.43. The molecule has 0 unspecified atom stereocenters. The van der Waals surface area contributed by atoms with Gasteiger partial charge in [0.05, 0.1) is 5.57 Å². The van der Waals surface area contributed by atoms with Gasteiger partial charge in [-0.15, -0.1) is 0 Å². The van der Waals surface area contributed by atoms with Crippen molar-refractivity contribution in [2.45, 2.75) is 0 Å². The molecule has 1 amide bonds. The summed E-state index contributed by atoms with van der Waals surface area (Å²) in [7, 11) is 0. The number of rotatable bonds is 4. The molecule has 0 atom stereocenters. The third-order valence-electron chi connectivity index (χ3n) is 5.09. The molecule has 2 aromatic carbocycles. The maximum atomic E-state index is 12.9. The van der Waals surface area contributed by atoms with Crippen molar-refractivity contribution in [3.05, 3.63) is 76.3 Å². The van der Waals surface area contributed by atoms with Crippen molar-refractivity contribution in [2.24, 2.45) is 0 Å². The maximum Gasteiger partial charge on any atom is 0.253 e. The zero-order valence-corrected chi connectivity index (χ0v) is 16.4. The molecule has 0 aromatic heterocycles. The zero-order chi connectivity index (χ0) is 19.3. The molecule has 4 nitrogen and oxygen atoms in total. The van der Waals surface area contributed by atoms with E-state index in [1.165, 1.54) is 5.56 Å². The minimum atomic E-state index is 0.0603. The Morgan fingerprint density at radius 1 is 1.07 bits per heavy atom. The third kappa shape index (κ3) is 4.46. The van der Waals surface area contributed by atoms with Crippen LogP contribution in [0.15, 0.2) is 60.2 Å². The SMILES string of the molecule is O=C(C1=Cc2cc(Cl)ccc2OC1)N1CCN(CC=Cc2ccccc2)CC1. The van der Waals surface area contributed by atoms with Crippen molar-refractivity contribution < 1.29 is 9.53 Å². The molecular weight excluding hydrogens is 372 g/mol. The van der Waals surface area contributed by atoms with Crippen LogP contribution in [0.25, 0.3) is 12.2 Å². The summed E-state index contributed by atoms with van der Waals surface area (Å²) in [4.78, 5) is 17.1. The zero-order valence-electron chi connectivity index (χ0n) is 15.7. The van der Waals surface area contributed by atoms with Crippen molar-refractivity contribution >= 4 is 29.7 Å². The second-order valence-electron chi connectivity index (χ2n) is 7.05. The second kappa shape index (κ2) is 8.63. The fourth-order valence-corrected chi connectivity index (χ4v) is 3.69. The molecule has 28 heavy (non-hydrogen) atoms. The summed E-state index contributed by atoms with van der Waals surface area (Å²) in [5.41, 5.74) is 2.76. The Bertz CT molecular complexity index is 900. The van der Waals surface area contributed by atoms with Crippen molar-refractivity contribution in [2.75, 3.05) is 39.3 Å². The quantitative estimate of drug-likeness (QED) is 0.786. The van der Waals surface area contributed by atoms with Gasteiger partial charge in [0.25, 0.3) is 5.91 Å². The van der Waals surface area contributed by atoms with Crippen LogP contribution in [0.2, 0.25) is 5.02 Å². The Morgan fingerprint density at radius 2 is 1.86 bits per heavy atom. The number of benzene rings is 2. The van der Waals surface area contributed by atoms with Gasteiger partial charge in [-0.2, -0.15) is 0 Å². The van der Waals surface area contributed by atoms with Crippen LogP contribution in [-0.2, 0) is 4.79 Å². The van der Waals surface area contributed by atoms with Crippen LogP contribution >= 0.6 is 11.6 Å². The Kier molecular flexibility index (Phi) is 5.79. The topological polar surface area (TPSA) is 32.8 Å². The third-order valence-corrected chi connectivity index (χ3v) is 5.33. The van der Waals surface area contributed by atoms with Gasteiger partial charge < -0.3 is 9.64 Å². The van der Waals surface area contributed by atoms with E-state index in [9.17, 15) is 4.79 Å². The van der Waals surface area contributed by atoms with Gasteiger partial charge in [-0.3, -0.25) is 9.69 Å². The largest absolute Gasteiger partial charge is 0.488 e. The lowest BCUT2D eigenvalue weighted by molar-refractivity contribution is -0.129. The standard InChI is InChI=1S/C23H23ClN2O2/c24-21-8-9-22-19(16-21)15-20(17-28-22)23(27)26-13-11-25(12-14-26)10-4-7-18-5-2-1-3-6-18/h1-9,15-16H,10-14,17H2. The number of hydrogen-bond acceptors (Lipinski definition) is 3. The number of carbonyl (C=O) groups is 1. The second-order valence-corrected chi connectivity index (χ2v) is 7.48. The van der Waals surface area contributed by atoms with Crippen LogP contribution < -0.4 is 4.74 Å². The van der Waals surface area contributed by atoms with Crippen LogP contribution in [0.5, 0.6) is 5.75 Å². The number of ether oxygens (including phenoxy) is 1. The number of piperazine rings is 1. The molecule has 1 fully saturated rings. The summed E-state index contributed by atoms with van der Waals surface area (Å²) in [5.74, 6) is 0.834. The molecule has 4 rings (SSSR count). The van der Waals surface area contributed by atoms with Crippen LogP contribution in [0, 0.1) is 0 Å². The van der Waals surface area contributed by atoms with Gasteiger partial charge >= 0.3 is 0 Å². The highest BCUT2D eigenvalue weighted by molar-refractivity contribution is 6.30. The van der Waals surface area contributed by atoms with E-state index in [4.69, 9.17) is 16.3 Å². The summed E-state index contributed by atoms with van der Waals surface area (Å²) in [5, 5.41) is 0.643. The predicted octanol–water partition coefficient (Wildman–Crippen LogP) is 3.97. The summed E-state index contributed by atoms with van der Waals surface area (Å²) in [6, 6.07) is 15.8. The van der Waals surface area contributed by atoms with Crippen LogP contribution in [0.1, 0.15) is 11.1 Å². The van der Waals surface area contributed by atoms with Crippen LogP contribution in [0.4, 0.5) is 0 Å². The lowest BCUT2D eigenvalue weighted by Crippen LogP contribution is -2.49. The van der Waals surface area contributed by atoms with E-state index in [1.54, 1.807) is 6.07 Å². The van der Waals surface area contributed by atoms with E-state index in [0.717, 1.165) is 44.0 Å². The highest BCUT2D eigenvalue weighted by atomic mass is 35.5. The predicted molar refractivity (Wildman–Crippen MR) is 113 cm³/mol. The van der Waals surface area contributed by atoms with Crippen molar-refractivity contribution in [1.29, 1.82) is 0 Å². The number of hydrogen-bond donors (Lipinski definition) is 0. The van der Waals surface area contributed by atoms with E-state index in [0.29, 0.717) is 17.2 Å². The van der Waals surface area contributed by atoms with Crippen molar-refractivity contribution in [1.82, 2.24) is 9.80 Å². The Morgan fingerprint density at radius 3 is 2.64 bits per heavy atom. The molecule has 5 heteroatoms. The first-order valence-corrected chi connectivity index (χ1v) is 9.93. The molecule has 0 spiro atoms. The summed E-state index contributed by atoms with van der Waals surface area (Å²) >= 11 is 6.06. The van der Waals surface area contributed by atoms with Gasteiger partial charge in [-0.1, -0.05) is 54.1 Å². The smallest absolute Gasteiger partial charge is 0.253 e. The monoisotopic (exact) mass is 394 g/mol. The minimum Gasteiger partial charge on any atom is -0.488 e. The number of nitrogens with zero attached hydrogens (tertiary/aromatic N) is 2. The maximum absolute atomic E-state index is 12.9. The molecule has 0 N–H and O–H groups in total. The first-order chi connectivity index (χ1) is 13.7. The molecule has 0 radical (unpaired) electrons. The number of halogens is 1. The van der Waals surface area contributed by atoms with Gasteiger partial charge in [0, 0.05) is 43.3 Å². The summed E-state index contributed by atoms with van der Waals surface area (Å²) < 4.78 is 5.73. The first kappa shape index (κ1) is 18.8. The molecule has 144 valence electrons. The molecule has 2 aliphatic rings. The number of amides is 1. The molecule has 0 aliphatic carbocycles. The highest BCUT2D eigenvalue weighted by Gasteiger charge is 2.25. The van der Waals surface area contributed by atoms with E-state index in [-0.39, 0.29) is 5.91 Å². The van der Waals surface area contributed by atoms with E-state index < -0.39 is 0 Å². The fraction of sp³-hybridized carbons (Fsp3) is 0.261. The minimum absolute atomic E-state index is 0.0603. The Hall–Kier alpha value is -2.56. The molecule has 1 saturated heterocycles. The normalized spacial score (nSPS) is 17.2. The van der Waals surface area contributed by atoms with E-state index in [2.05, 4.69) is 29.2 Å². The lowest BCUT2D eigenvalue weighted by Gasteiger charge is -2.35. The molecule has 0 saturated carbocycles. The van der Waals surface area contributed by atoms with Gasteiger partial charge in [0.15, 0.2) is 0 Å². The average molecular weight is 395 g/mol. The molecule has 2 aliphatic heterocycles. The van der Waals surface area contributed by atoms with Gasteiger partial charge in [-0.25, -0.2) is 0 Å². The van der Waals surface area contributed by atoms with E-state index >= 15 is 0 Å². The average Bonchev–Trinajstić information content (AvgIpc) is 2.74.